The Balaban J connectivity index is 1.59. The number of amides is 2. The summed E-state index contributed by atoms with van der Waals surface area (Å²) in [4.78, 5) is 28.9. The smallest absolute Gasteiger partial charge is 0.274 e. The normalized spacial score (nSPS) is 10.9. The van der Waals surface area contributed by atoms with E-state index in [2.05, 4.69) is 15.4 Å². The number of nitrogens with zero attached hydrogens (tertiary/aromatic N) is 3. The summed E-state index contributed by atoms with van der Waals surface area (Å²) in [6.07, 6.45) is 1.45. The first-order valence-electron chi connectivity index (χ1n) is 9.31. The third kappa shape index (κ3) is 3.97. The molecule has 0 saturated heterocycles. The number of primary amides is 1. The van der Waals surface area contributed by atoms with Gasteiger partial charge < -0.3 is 11.1 Å². The van der Waals surface area contributed by atoms with Crippen molar-refractivity contribution in [3.05, 3.63) is 88.9 Å². The quantitative estimate of drug-likeness (QED) is 0.515. The molecule has 2 aromatic heterocycles. The standard InChI is InChI=1S/C22H17F2N5O2/c1-12-20(10-26-29(12)11-13-6-7-16(23)17(24)8-13)28-22(31)19-9-15(21(25)30)14-4-2-3-5-18(14)27-19/h2-10H,11H2,1H3,(H2,25,30)(H,28,31). The summed E-state index contributed by atoms with van der Waals surface area (Å²) < 4.78 is 28.1. The van der Waals surface area contributed by atoms with E-state index >= 15 is 0 Å². The van der Waals surface area contributed by atoms with Crippen molar-refractivity contribution in [2.75, 3.05) is 5.32 Å². The number of carbonyl (C=O) groups is 2. The Labute approximate surface area is 175 Å². The van der Waals surface area contributed by atoms with Gasteiger partial charge in [0.1, 0.15) is 5.69 Å². The third-order valence-electron chi connectivity index (χ3n) is 4.88. The number of nitrogens with two attached hydrogens (primary N) is 1. The average Bonchev–Trinajstić information content (AvgIpc) is 3.09. The second kappa shape index (κ2) is 7.94. The maximum Gasteiger partial charge on any atom is 0.274 e. The minimum absolute atomic E-state index is 0.0280. The number of aromatic nitrogens is 3. The molecular formula is C22H17F2N5O2. The first-order chi connectivity index (χ1) is 14.8. The number of pyridine rings is 1. The average molecular weight is 421 g/mol. The number of carbonyl (C=O) groups excluding carboxylic acids is 2. The summed E-state index contributed by atoms with van der Waals surface area (Å²) in [6.45, 7) is 1.92. The Morgan fingerprint density at radius 1 is 1.10 bits per heavy atom. The minimum Gasteiger partial charge on any atom is -0.366 e. The number of anilines is 1. The molecule has 4 aromatic rings. The lowest BCUT2D eigenvalue weighted by molar-refractivity contribution is 0.100. The van der Waals surface area contributed by atoms with Crippen LogP contribution in [0.3, 0.4) is 0 Å². The number of hydrogen-bond acceptors (Lipinski definition) is 4. The first-order valence-corrected chi connectivity index (χ1v) is 9.31. The summed E-state index contributed by atoms with van der Waals surface area (Å²) in [5.41, 5.74) is 7.70. The monoisotopic (exact) mass is 421 g/mol. The van der Waals surface area contributed by atoms with Crippen LogP contribution in [0.5, 0.6) is 0 Å². The Kier molecular flexibility index (Phi) is 5.16. The molecule has 0 radical (unpaired) electrons. The van der Waals surface area contributed by atoms with Crippen molar-refractivity contribution in [2.24, 2.45) is 5.73 Å². The van der Waals surface area contributed by atoms with Crippen molar-refractivity contribution in [1.82, 2.24) is 14.8 Å². The van der Waals surface area contributed by atoms with E-state index in [1.54, 1.807) is 35.9 Å². The van der Waals surface area contributed by atoms with Crippen molar-refractivity contribution in [2.45, 2.75) is 13.5 Å². The minimum atomic E-state index is -0.941. The molecule has 0 atom stereocenters. The van der Waals surface area contributed by atoms with Gasteiger partial charge in [-0.2, -0.15) is 5.10 Å². The van der Waals surface area contributed by atoms with Crippen LogP contribution in [0, 0.1) is 18.6 Å². The highest BCUT2D eigenvalue weighted by Gasteiger charge is 2.17. The Morgan fingerprint density at radius 3 is 2.61 bits per heavy atom. The molecule has 31 heavy (non-hydrogen) atoms. The Bertz CT molecular complexity index is 1330. The number of fused-ring (bicyclic) bond motifs is 1. The maximum absolute atomic E-state index is 13.4. The van der Waals surface area contributed by atoms with Crippen molar-refractivity contribution < 1.29 is 18.4 Å². The fraction of sp³-hybridized carbons (Fsp3) is 0.0909. The number of benzene rings is 2. The highest BCUT2D eigenvalue weighted by Crippen LogP contribution is 2.21. The van der Waals surface area contributed by atoms with Crippen LogP contribution in [0.2, 0.25) is 0 Å². The zero-order valence-corrected chi connectivity index (χ0v) is 16.4. The molecule has 0 fully saturated rings. The van der Waals surface area contributed by atoms with Crippen molar-refractivity contribution in [3.63, 3.8) is 0 Å². The largest absolute Gasteiger partial charge is 0.366 e. The van der Waals surface area contributed by atoms with Crippen molar-refractivity contribution in [3.8, 4) is 0 Å². The molecule has 0 aliphatic heterocycles. The Hall–Kier alpha value is -4.14. The lowest BCUT2D eigenvalue weighted by Crippen LogP contribution is -2.18. The molecule has 0 aliphatic rings. The lowest BCUT2D eigenvalue weighted by Gasteiger charge is -2.09. The topological polar surface area (TPSA) is 103 Å². The van der Waals surface area contributed by atoms with Crippen molar-refractivity contribution >= 4 is 28.4 Å². The number of hydrogen-bond donors (Lipinski definition) is 2. The summed E-state index contributed by atoms with van der Waals surface area (Å²) >= 11 is 0. The van der Waals surface area contributed by atoms with Gasteiger partial charge in [-0.05, 0) is 36.8 Å². The van der Waals surface area contributed by atoms with E-state index in [-0.39, 0.29) is 17.8 Å². The van der Waals surface area contributed by atoms with Crippen LogP contribution in [0.4, 0.5) is 14.5 Å². The van der Waals surface area contributed by atoms with Gasteiger partial charge in [0.05, 0.1) is 35.2 Å². The van der Waals surface area contributed by atoms with E-state index < -0.39 is 23.4 Å². The summed E-state index contributed by atoms with van der Waals surface area (Å²) in [5.74, 6) is -3.07. The molecule has 2 heterocycles. The summed E-state index contributed by atoms with van der Waals surface area (Å²) in [7, 11) is 0. The zero-order chi connectivity index (χ0) is 22.1. The van der Waals surface area contributed by atoms with Gasteiger partial charge in [-0.1, -0.05) is 24.3 Å². The molecule has 0 aliphatic carbocycles. The molecule has 156 valence electrons. The van der Waals surface area contributed by atoms with Crippen LogP contribution < -0.4 is 11.1 Å². The van der Waals surface area contributed by atoms with E-state index in [1.807, 2.05) is 0 Å². The van der Waals surface area contributed by atoms with Gasteiger partial charge >= 0.3 is 0 Å². The molecule has 3 N–H and O–H groups in total. The van der Waals surface area contributed by atoms with Crippen LogP contribution in [0.15, 0.2) is 54.7 Å². The molecule has 0 bridgehead atoms. The van der Waals surface area contributed by atoms with E-state index in [4.69, 9.17) is 5.73 Å². The van der Waals surface area contributed by atoms with Crippen LogP contribution >= 0.6 is 0 Å². The number of halogens is 2. The van der Waals surface area contributed by atoms with E-state index in [1.165, 1.54) is 18.3 Å². The van der Waals surface area contributed by atoms with Gasteiger partial charge in [0.25, 0.3) is 5.91 Å². The van der Waals surface area contributed by atoms with Crippen LogP contribution in [-0.2, 0) is 6.54 Å². The fourth-order valence-electron chi connectivity index (χ4n) is 3.22. The molecule has 0 spiro atoms. The van der Waals surface area contributed by atoms with Crippen LogP contribution in [-0.4, -0.2) is 26.6 Å². The van der Waals surface area contributed by atoms with Gasteiger partial charge in [0, 0.05) is 5.39 Å². The zero-order valence-electron chi connectivity index (χ0n) is 16.4. The fourth-order valence-corrected chi connectivity index (χ4v) is 3.22. The van der Waals surface area contributed by atoms with E-state index in [0.717, 1.165) is 12.1 Å². The number of nitrogens with one attached hydrogen (secondary N) is 1. The molecule has 4 rings (SSSR count). The van der Waals surface area contributed by atoms with Gasteiger partial charge in [-0.25, -0.2) is 13.8 Å². The molecule has 0 unspecified atom stereocenters. The number of para-hydroxylation sites is 1. The lowest BCUT2D eigenvalue weighted by atomic mass is 10.1. The molecule has 0 saturated carbocycles. The first kappa shape index (κ1) is 20.1. The summed E-state index contributed by atoms with van der Waals surface area (Å²) in [6, 6.07) is 11.8. The van der Waals surface area contributed by atoms with Gasteiger partial charge in [-0.15, -0.1) is 0 Å². The van der Waals surface area contributed by atoms with Gasteiger partial charge in [0.2, 0.25) is 5.91 Å². The van der Waals surface area contributed by atoms with Crippen molar-refractivity contribution in [1.29, 1.82) is 0 Å². The third-order valence-corrected chi connectivity index (χ3v) is 4.88. The van der Waals surface area contributed by atoms with E-state index in [9.17, 15) is 18.4 Å². The highest BCUT2D eigenvalue weighted by molar-refractivity contribution is 6.10. The highest BCUT2D eigenvalue weighted by atomic mass is 19.2. The van der Waals surface area contributed by atoms with E-state index in [0.29, 0.717) is 27.8 Å². The second-order valence-electron chi connectivity index (χ2n) is 6.94. The molecule has 2 amide bonds. The molecule has 7 nitrogen and oxygen atoms in total. The van der Waals surface area contributed by atoms with Gasteiger partial charge in [-0.3, -0.25) is 14.3 Å². The van der Waals surface area contributed by atoms with Gasteiger partial charge in [0.15, 0.2) is 11.6 Å². The molecule has 9 heteroatoms. The van der Waals surface area contributed by atoms with Crippen LogP contribution in [0.1, 0.15) is 32.1 Å². The summed E-state index contributed by atoms with van der Waals surface area (Å²) in [5, 5.41) is 7.47. The maximum atomic E-state index is 13.4. The second-order valence-corrected chi connectivity index (χ2v) is 6.94. The SMILES string of the molecule is Cc1c(NC(=O)c2cc(C(N)=O)c3ccccc3n2)cnn1Cc1ccc(F)c(F)c1. The number of rotatable bonds is 5. The van der Waals surface area contributed by atoms with Crippen LogP contribution in [0.25, 0.3) is 10.9 Å². The molecule has 2 aromatic carbocycles. The predicted octanol–water partition coefficient (Wildman–Crippen LogP) is 3.42. The molecular weight excluding hydrogens is 404 g/mol. The predicted molar refractivity (Wildman–Crippen MR) is 111 cm³/mol. The Morgan fingerprint density at radius 2 is 1.87 bits per heavy atom.